The Bertz CT molecular complexity index is 660. The standard InChI is InChI=1S/C8H3Cl3O7S.Na.H/c9-3-1(7(12)13)4(10)6(19(16,17)18)5(11)2(3)8(14)15;;/h(H,12,13)(H,14,15)(H,16,17,18);;. The van der Waals surface area contributed by atoms with Gasteiger partial charge in [0.1, 0.15) is 4.90 Å². The van der Waals surface area contributed by atoms with Crippen LogP contribution < -0.4 is 0 Å². The van der Waals surface area contributed by atoms with Gasteiger partial charge in [0, 0.05) is 0 Å². The SMILES string of the molecule is O=C(O)c1c(Cl)c(C(=O)O)c(Cl)c(S(=O)(=O)O)c1Cl.[NaH]. The number of halogens is 3. The molecule has 0 bridgehead atoms. The minimum atomic E-state index is -5.04. The summed E-state index contributed by atoms with van der Waals surface area (Å²) in [6.45, 7) is 0. The first-order valence-corrected chi connectivity index (χ1v) is 6.72. The Hall–Kier alpha value is -0.0600. The molecule has 0 heterocycles. The van der Waals surface area contributed by atoms with Gasteiger partial charge in [-0.25, -0.2) is 9.59 Å². The van der Waals surface area contributed by atoms with Crippen molar-refractivity contribution in [2.45, 2.75) is 4.90 Å². The zero-order valence-corrected chi connectivity index (χ0v) is 11.6. The van der Waals surface area contributed by atoms with Crippen LogP contribution in [-0.2, 0) is 10.1 Å². The molecular weight excluding hydrogens is 369 g/mol. The summed E-state index contributed by atoms with van der Waals surface area (Å²) in [6.07, 6.45) is 0. The van der Waals surface area contributed by atoms with E-state index in [1.54, 1.807) is 0 Å². The van der Waals surface area contributed by atoms with E-state index in [2.05, 4.69) is 0 Å². The van der Waals surface area contributed by atoms with Gasteiger partial charge < -0.3 is 10.2 Å². The molecule has 0 atom stereocenters. The molecule has 20 heavy (non-hydrogen) atoms. The average molecular weight is 374 g/mol. The quantitative estimate of drug-likeness (QED) is 0.542. The van der Waals surface area contributed by atoms with E-state index in [1.807, 2.05) is 0 Å². The van der Waals surface area contributed by atoms with Gasteiger partial charge in [-0.1, -0.05) is 34.8 Å². The molecule has 0 radical (unpaired) electrons. The monoisotopic (exact) mass is 372 g/mol. The van der Waals surface area contributed by atoms with E-state index in [9.17, 15) is 18.0 Å². The second kappa shape index (κ2) is 6.80. The molecule has 12 heteroatoms. The van der Waals surface area contributed by atoms with Gasteiger partial charge in [-0.2, -0.15) is 8.42 Å². The van der Waals surface area contributed by atoms with Crippen LogP contribution in [0, 0.1) is 0 Å². The van der Waals surface area contributed by atoms with Crippen LogP contribution in [0.2, 0.25) is 15.1 Å². The predicted octanol–water partition coefficient (Wildman–Crippen LogP) is 1.64. The summed E-state index contributed by atoms with van der Waals surface area (Å²) in [4.78, 5) is 20.6. The van der Waals surface area contributed by atoms with Crippen molar-refractivity contribution in [1.82, 2.24) is 0 Å². The first-order chi connectivity index (χ1) is 8.50. The van der Waals surface area contributed by atoms with E-state index in [4.69, 9.17) is 49.6 Å². The van der Waals surface area contributed by atoms with Gasteiger partial charge in [0.05, 0.1) is 26.2 Å². The van der Waals surface area contributed by atoms with Gasteiger partial charge in [0.2, 0.25) is 0 Å². The Morgan fingerprint density at radius 1 is 0.850 bits per heavy atom. The number of aromatic carboxylic acids is 2. The van der Waals surface area contributed by atoms with Gasteiger partial charge in [0.25, 0.3) is 10.1 Å². The van der Waals surface area contributed by atoms with E-state index in [0.29, 0.717) is 0 Å². The fourth-order valence-corrected chi connectivity index (χ4v) is 3.52. The third-order valence-corrected chi connectivity index (χ3v) is 4.24. The summed E-state index contributed by atoms with van der Waals surface area (Å²) in [5.41, 5.74) is -1.98. The molecule has 0 aliphatic carbocycles. The van der Waals surface area contributed by atoms with Crippen LogP contribution in [0.5, 0.6) is 0 Å². The third-order valence-electron chi connectivity index (χ3n) is 1.96. The van der Waals surface area contributed by atoms with Crippen LogP contribution in [0.3, 0.4) is 0 Å². The first-order valence-electron chi connectivity index (χ1n) is 4.14. The van der Waals surface area contributed by atoms with Gasteiger partial charge in [-0.15, -0.1) is 0 Å². The maximum atomic E-state index is 11.1. The number of carboxylic acid groups (broad SMARTS) is 2. The molecule has 0 saturated heterocycles. The van der Waals surface area contributed by atoms with E-state index in [1.165, 1.54) is 0 Å². The van der Waals surface area contributed by atoms with Crippen LogP contribution in [0.15, 0.2) is 4.90 Å². The van der Waals surface area contributed by atoms with Gasteiger partial charge in [-0.05, 0) is 0 Å². The second-order valence-corrected chi connectivity index (χ2v) is 5.60. The molecule has 3 N–H and O–H groups in total. The second-order valence-electron chi connectivity index (χ2n) is 3.11. The molecule has 0 saturated carbocycles. The summed E-state index contributed by atoms with van der Waals surface area (Å²) < 4.78 is 31.1. The molecular formula is C8H4Cl3NaO7S. The predicted molar refractivity (Wildman–Crippen MR) is 72.4 cm³/mol. The molecule has 0 unspecified atom stereocenters. The molecule has 1 rings (SSSR count). The molecule has 0 spiro atoms. The molecule has 0 amide bonds. The van der Waals surface area contributed by atoms with Crippen LogP contribution in [0.1, 0.15) is 20.7 Å². The Morgan fingerprint density at radius 2 is 1.15 bits per heavy atom. The van der Waals surface area contributed by atoms with E-state index < -0.39 is 53.1 Å². The third kappa shape index (κ3) is 3.58. The zero-order valence-electron chi connectivity index (χ0n) is 8.52. The van der Waals surface area contributed by atoms with Crippen molar-refractivity contribution in [2.24, 2.45) is 0 Å². The Balaban J connectivity index is 0.00000361. The average Bonchev–Trinajstić information content (AvgIpc) is 2.12. The van der Waals surface area contributed by atoms with Crippen LogP contribution >= 0.6 is 34.8 Å². The summed E-state index contributed by atoms with van der Waals surface area (Å²) >= 11 is 16.5. The summed E-state index contributed by atoms with van der Waals surface area (Å²) in [5, 5.41) is 14.9. The van der Waals surface area contributed by atoms with E-state index in [0.717, 1.165) is 0 Å². The fourth-order valence-electron chi connectivity index (χ4n) is 1.24. The van der Waals surface area contributed by atoms with E-state index >= 15 is 0 Å². The van der Waals surface area contributed by atoms with Gasteiger partial charge >= 0.3 is 41.5 Å². The number of hydrogen-bond donors (Lipinski definition) is 3. The van der Waals surface area contributed by atoms with Crippen molar-refractivity contribution in [3.8, 4) is 0 Å². The number of rotatable bonds is 3. The molecule has 1 aromatic carbocycles. The van der Waals surface area contributed by atoms with Crippen LogP contribution in [0.4, 0.5) is 0 Å². The topological polar surface area (TPSA) is 129 Å². The van der Waals surface area contributed by atoms with Gasteiger partial charge in [-0.3, -0.25) is 4.55 Å². The minimum absolute atomic E-state index is 0. The maximum absolute atomic E-state index is 11.1. The van der Waals surface area contributed by atoms with Crippen molar-refractivity contribution >= 4 is 86.4 Å². The number of benzene rings is 1. The summed E-state index contributed by atoms with van der Waals surface area (Å²) in [6, 6.07) is 0. The molecule has 0 aliphatic rings. The Labute approximate surface area is 149 Å². The molecule has 1 aromatic rings. The molecule has 0 fully saturated rings. The Kier molecular flexibility index (Phi) is 6.78. The Morgan fingerprint density at radius 3 is 1.35 bits per heavy atom. The van der Waals surface area contributed by atoms with Crippen molar-refractivity contribution in [3.63, 3.8) is 0 Å². The number of hydrogen-bond acceptors (Lipinski definition) is 4. The molecule has 106 valence electrons. The molecule has 0 aromatic heterocycles. The molecule has 0 aliphatic heterocycles. The van der Waals surface area contributed by atoms with E-state index in [-0.39, 0.29) is 29.6 Å². The first kappa shape index (κ1) is 19.9. The number of carboxylic acids is 2. The van der Waals surface area contributed by atoms with Crippen molar-refractivity contribution in [3.05, 3.63) is 26.2 Å². The summed E-state index contributed by atoms with van der Waals surface area (Å²) in [5.74, 6) is -3.56. The van der Waals surface area contributed by atoms with Crippen molar-refractivity contribution in [1.29, 1.82) is 0 Å². The fraction of sp³-hybridized carbons (Fsp3) is 0. The summed E-state index contributed by atoms with van der Waals surface area (Å²) in [7, 11) is -5.04. The van der Waals surface area contributed by atoms with Crippen molar-refractivity contribution < 1.29 is 32.8 Å². The normalized spacial score (nSPS) is 10.8. The van der Waals surface area contributed by atoms with Crippen molar-refractivity contribution in [2.75, 3.05) is 0 Å². The molecule has 7 nitrogen and oxygen atoms in total. The van der Waals surface area contributed by atoms with Crippen LogP contribution in [-0.4, -0.2) is 64.7 Å². The zero-order chi connectivity index (χ0) is 15.1. The number of carbonyl (C=O) groups is 2. The van der Waals surface area contributed by atoms with Crippen LogP contribution in [0.25, 0.3) is 0 Å². The van der Waals surface area contributed by atoms with Gasteiger partial charge in [0.15, 0.2) is 0 Å².